The van der Waals surface area contributed by atoms with Gasteiger partial charge in [-0.05, 0) is 44.0 Å². The lowest BCUT2D eigenvalue weighted by Crippen LogP contribution is -2.38. The zero-order valence-corrected chi connectivity index (χ0v) is 11.7. The molecule has 1 aromatic rings. The third-order valence-corrected chi connectivity index (χ3v) is 4.01. The molecule has 1 aromatic carbocycles. The van der Waals surface area contributed by atoms with E-state index in [4.69, 9.17) is 0 Å². The van der Waals surface area contributed by atoms with Crippen LogP contribution in [0.4, 0.5) is 0 Å². The molecule has 1 fully saturated rings. The SMILES string of the molecule is CC(C)(CNCC1CCNCC1)c1ccccc1. The molecule has 1 heterocycles. The first-order chi connectivity index (χ1) is 8.68. The molecule has 1 saturated heterocycles. The van der Waals surface area contributed by atoms with Gasteiger partial charge in [0.1, 0.15) is 0 Å². The summed E-state index contributed by atoms with van der Waals surface area (Å²) < 4.78 is 0. The Labute approximate surface area is 111 Å². The van der Waals surface area contributed by atoms with Gasteiger partial charge in [-0.1, -0.05) is 44.2 Å². The average Bonchev–Trinajstić information content (AvgIpc) is 2.41. The standard InChI is InChI=1S/C16H26N2/c1-16(2,15-6-4-3-5-7-15)13-18-12-14-8-10-17-11-9-14/h3-7,14,17-18H,8-13H2,1-2H3. The number of hydrogen-bond donors (Lipinski definition) is 2. The Balaban J connectivity index is 1.78. The smallest absolute Gasteiger partial charge is 0.00432 e. The highest BCUT2D eigenvalue weighted by molar-refractivity contribution is 5.23. The van der Waals surface area contributed by atoms with E-state index in [2.05, 4.69) is 54.8 Å². The topological polar surface area (TPSA) is 24.1 Å². The van der Waals surface area contributed by atoms with Crippen molar-refractivity contribution in [2.75, 3.05) is 26.2 Å². The van der Waals surface area contributed by atoms with E-state index >= 15 is 0 Å². The van der Waals surface area contributed by atoms with Crippen molar-refractivity contribution in [1.82, 2.24) is 10.6 Å². The van der Waals surface area contributed by atoms with Gasteiger partial charge < -0.3 is 10.6 Å². The summed E-state index contributed by atoms with van der Waals surface area (Å²) in [7, 11) is 0. The van der Waals surface area contributed by atoms with Gasteiger partial charge in [0.15, 0.2) is 0 Å². The van der Waals surface area contributed by atoms with E-state index in [9.17, 15) is 0 Å². The van der Waals surface area contributed by atoms with Crippen LogP contribution in [-0.4, -0.2) is 26.2 Å². The van der Waals surface area contributed by atoms with Crippen LogP contribution in [-0.2, 0) is 5.41 Å². The van der Waals surface area contributed by atoms with Crippen molar-refractivity contribution in [3.63, 3.8) is 0 Å². The average molecular weight is 246 g/mol. The van der Waals surface area contributed by atoms with E-state index < -0.39 is 0 Å². The molecule has 0 unspecified atom stereocenters. The Kier molecular flexibility index (Phi) is 4.79. The Morgan fingerprint density at radius 1 is 1.17 bits per heavy atom. The lowest BCUT2D eigenvalue weighted by molar-refractivity contribution is 0.342. The maximum Gasteiger partial charge on any atom is 0.00432 e. The van der Waals surface area contributed by atoms with Crippen molar-refractivity contribution < 1.29 is 0 Å². The van der Waals surface area contributed by atoms with Crippen LogP contribution < -0.4 is 10.6 Å². The van der Waals surface area contributed by atoms with E-state index in [0.29, 0.717) is 0 Å². The summed E-state index contributed by atoms with van der Waals surface area (Å²) in [6.45, 7) is 9.23. The van der Waals surface area contributed by atoms with Crippen LogP contribution >= 0.6 is 0 Å². The van der Waals surface area contributed by atoms with Gasteiger partial charge >= 0.3 is 0 Å². The molecular formula is C16H26N2. The number of nitrogens with one attached hydrogen (secondary N) is 2. The third-order valence-electron chi connectivity index (χ3n) is 4.01. The fourth-order valence-electron chi connectivity index (χ4n) is 2.67. The van der Waals surface area contributed by atoms with Gasteiger partial charge in [-0.15, -0.1) is 0 Å². The molecule has 1 aliphatic heterocycles. The van der Waals surface area contributed by atoms with Crippen LogP contribution in [0.3, 0.4) is 0 Å². The Bertz CT molecular complexity index is 339. The van der Waals surface area contributed by atoms with Crippen LogP contribution in [0.5, 0.6) is 0 Å². The lowest BCUT2D eigenvalue weighted by Gasteiger charge is -2.28. The normalized spacial score (nSPS) is 17.9. The largest absolute Gasteiger partial charge is 0.317 e. The number of piperidine rings is 1. The molecule has 2 rings (SSSR count). The summed E-state index contributed by atoms with van der Waals surface area (Å²) in [5.74, 6) is 0.859. The van der Waals surface area contributed by atoms with Crippen molar-refractivity contribution in [3.05, 3.63) is 35.9 Å². The molecule has 0 spiro atoms. The van der Waals surface area contributed by atoms with E-state index in [0.717, 1.165) is 19.0 Å². The Hall–Kier alpha value is -0.860. The van der Waals surface area contributed by atoms with E-state index in [-0.39, 0.29) is 5.41 Å². The van der Waals surface area contributed by atoms with E-state index in [1.165, 1.54) is 31.5 Å². The second-order valence-corrected chi connectivity index (χ2v) is 6.07. The molecule has 0 radical (unpaired) electrons. The molecular weight excluding hydrogens is 220 g/mol. The second kappa shape index (κ2) is 6.35. The van der Waals surface area contributed by atoms with Gasteiger partial charge in [-0.2, -0.15) is 0 Å². The van der Waals surface area contributed by atoms with Crippen molar-refractivity contribution in [2.45, 2.75) is 32.1 Å². The lowest BCUT2D eigenvalue weighted by atomic mass is 9.84. The first-order valence-electron chi connectivity index (χ1n) is 7.15. The first kappa shape index (κ1) is 13.6. The highest BCUT2D eigenvalue weighted by Crippen LogP contribution is 2.22. The van der Waals surface area contributed by atoms with Crippen LogP contribution in [0.1, 0.15) is 32.3 Å². The minimum Gasteiger partial charge on any atom is -0.317 e. The van der Waals surface area contributed by atoms with Crippen molar-refractivity contribution in [1.29, 1.82) is 0 Å². The zero-order valence-electron chi connectivity index (χ0n) is 11.7. The Morgan fingerprint density at radius 2 is 1.83 bits per heavy atom. The molecule has 100 valence electrons. The molecule has 0 amide bonds. The third kappa shape index (κ3) is 3.82. The summed E-state index contributed by atoms with van der Waals surface area (Å²) in [4.78, 5) is 0. The number of hydrogen-bond acceptors (Lipinski definition) is 2. The van der Waals surface area contributed by atoms with Gasteiger partial charge in [0.25, 0.3) is 0 Å². The Morgan fingerprint density at radius 3 is 2.50 bits per heavy atom. The van der Waals surface area contributed by atoms with Crippen molar-refractivity contribution in [2.24, 2.45) is 5.92 Å². The molecule has 2 heteroatoms. The van der Waals surface area contributed by atoms with Gasteiger partial charge in [0.2, 0.25) is 0 Å². The second-order valence-electron chi connectivity index (χ2n) is 6.07. The molecule has 18 heavy (non-hydrogen) atoms. The predicted molar refractivity (Wildman–Crippen MR) is 77.9 cm³/mol. The fourth-order valence-corrected chi connectivity index (χ4v) is 2.67. The minimum absolute atomic E-state index is 0.216. The van der Waals surface area contributed by atoms with Crippen molar-refractivity contribution in [3.8, 4) is 0 Å². The maximum absolute atomic E-state index is 3.67. The molecule has 0 saturated carbocycles. The summed E-state index contributed by atoms with van der Waals surface area (Å²) in [6.07, 6.45) is 2.64. The molecule has 1 aliphatic rings. The summed E-state index contributed by atoms with van der Waals surface area (Å²) in [6, 6.07) is 10.8. The van der Waals surface area contributed by atoms with Gasteiger partial charge in [0.05, 0.1) is 0 Å². The highest BCUT2D eigenvalue weighted by Gasteiger charge is 2.20. The number of benzene rings is 1. The summed E-state index contributed by atoms with van der Waals surface area (Å²) in [5, 5.41) is 7.09. The number of rotatable bonds is 5. The van der Waals surface area contributed by atoms with E-state index in [1.807, 2.05) is 0 Å². The van der Waals surface area contributed by atoms with Gasteiger partial charge in [0, 0.05) is 12.0 Å². The predicted octanol–water partition coefficient (Wildman–Crippen LogP) is 2.55. The molecule has 0 bridgehead atoms. The maximum atomic E-state index is 3.67. The molecule has 0 aliphatic carbocycles. The van der Waals surface area contributed by atoms with E-state index in [1.54, 1.807) is 0 Å². The monoisotopic (exact) mass is 246 g/mol. The summed E-state index contributed by atoms with van der Waals surface area (Å²) >= 11 is 0. The summed E-state index contributed by atoms with van der Waals surface area (Å²) in [5.41, 5.74) is 1.64. The highest BCUT2D eigenvalue weighted by atomic mass is 14.9. The quantitative estimate of drug-likeness (QED) is 0.834. The van der Waals surface area contributed by atoms with Crippen LogP contribution in [0.15, 0.2) is 30.3 Å². The fraction of sp³-hybridized carbons (Fsp3) is 0.625. The van der Waals surface area contributed by atoms with Gasteiger partial charge in [-0.3, -0.25) is 0 Å². The molecule has 2 nitrogen and oxygen atoms in total. The van der Waals surface area contributed by atoms with Crippen LogP contribution in [0.25, 0.3) is 0 Å². The first-order valence-corrected chi connectivity index (χ1v) is 7.15. The van der Waals surface area contributed by atoms with Crippen LogP contribution in [0.2, 0.25) is 0 Å². The van der Waals surface area contributed by atoms with Gasteiger partial charge in [-0.25, -0.2) is 0 Å². The molecule has 0 atom stereocenters. The molecule has 2 N–H and O–H groups in total. The molecule has 0 aromatic heterocycles. The minimum atomic E-state index is 0.216. The van der Waals surface area contributed by atoms with Crippen molar-refractivity contribution >= 4 is 0 Å². The zero-order chi connectivity index (χ0) is 12.8. The van der Waals surface area contributed by atoms with Crippen LogP contribution in [0, 0.1) is 5.92 Å².